The van der Waals surface area contributed by atoms with Gasteiger partial charge in [-0.15, -0.1) is 0 Å². The van der Waals surface area contributed by atoms with E-state index in [-0.39, 0.29) is 17.3 Å². The molecule has 0 aliphatic heterocycles. The quantitative estimate of drug-likeness (QED) is 0.392. The maximum absolute atomic E-state index is 13.2. The van der Waals surface area contributed by atoms with E-state index in [0.717, 1.165) is 11.1 Å². The van der Waals surface area contributed by atoms with Gasteiger partial charge in [-0.05, 0) is 36.6 Å². The minimum Gasteiger partial charge on any atom is -0.357 e. The molecule has 2 aromatic rings. The Morgan fingerprint density at radius 1 is 1.04 bits per heavy atom. The molecule has 0 fully saturated rings. The molecule has 2 aromatic carbocycles. The van der Waals surface area contributed by atoms with Gasteiger partial charge in [-0.3, -0.25) is 0 Å². The van der Waals surface area contributed by atoms with Gasteiger partial charge in [0.2, 0.25) is 0 Å². The number of rotatable bonds is 9. The molecule has 0 aliphatic carbocycles. The van der Waals surface area contributed by atoms with Crippen molar-refractivity contribution < 1.29 is 12.8 Å². The third-order valence-corrected chi connectivity index (χ3v) is 5.49. The third kappa shape index (κ3) is 8.21. The van der Waals surface area contributed by atoms with Gasteiger partial charge in [0.15, 0.2) is 15.8 Å². The van der Waals surface area contributed by atoms with Gasteiger partial charge in [0, 0.05) is 13.1 Å². The maximum Gasteiger partial charge on any atom is 0.191 e. The van der Waals surface area contributed by atoms with E-state index in [4.69, 9.17) is 0 Å². The summed E-state index contributed by atoms with van der Waals surface area (Å²) in [5, 5.41) is 6.22. The Bertz CT molecular complexity index is 839. The Labute approximate surface area is 160 Å². The van der Waals surface area contributed by atoms with Crippen LogP contribution in [0.1, 0.15) is 24.5 Å². The highest BCUT2D eigenvalue weighted by Gasteiger charge is 2.11. The van der Waals surface area contributed by atoms with Crippen LogP contribution in [0.2, 0.25) is 0 Å². The number of guanidine groups is 1. The first-order valence-electron chi connectivity index (χ1n) is 8.99. The monoisotopic (exact) mass is 391 g/mol. The van der Waals surface area contributed by atoms with E-state index in [1.54, 1.807) is 6.07 Å². The maximum atomic E-state index is 13.2. The van der Waals surface area contributed by atoms with Crippen LogP contribution in [-0.2, 0) is 22.1 Å². The molecule has 2 N–H and O–H groups in total. The van der Waals surface area contributed by atoms with E-state index in [1.165, 1.54) is 12.1 Å². The van der Waals surface area contributed by atoms with E-state index in [2.05, 4.69) is 15.6 Å². The summed E-state index contributed by atoms with van der Waals surface area (Å²) in [5.74, 6) is 0.464. The first-order chi connectivity index (χ1) is 13.0. The molecule has 0 radical (unpaired) electrons. The smallest absolute Gasteiger partial charge is 0.191 e. The summed E-state index contributed by atoms with van der Waals surface area (Å²) in [7, 11) is -3.15. The Hall–Kier alpha value is -2.41. The summed E-state index contributed by atoms with van der Waals surface area (Å²) in [5.41, 5.74) is 1.58. The molecule has 0 spiro atoms. The number of halogens is 1. The normalized spacial score (nSPS) is 12.0. The largest absolute Gasteiger partial charge is 0.357 e. The molecule has 0 saturated heterocycles. The first kappa shape index (κ1) is 20.9. The number of benzene rings is 2. The molecule has 7 heteroatoms. The van der Waals surface area contributed by atoms with Crippen LogP contribution in [0.5, 0.6) is 0 Å². The van der Waals surface area contributed by atoms with Crippen LogP contribution in [0.25, 0.3) is 0 Å². The highest BCUT2D eigenvalue weighted by Crippen LogP contribution is 2.07. The fourth-order valence-electron chi connectivity index (χ4n) is 2.55. The number of nitrogens with one attached hydrogen (secondary N) is 2. The third-order valence-electron chi connectivity index (χ3n) is 3.81. The second-order valence-corrected chi connectivity index (χ2v) is 8.37. The lowest BCUT2D eigenvalue weighted by molar-refractivity contribution is 0.591. The van der Waals surface area contributed by atoms with E-state index in [0.29, 0.717) is 32.0 Å². The highest BCUT2D eigenvalue weighted by molar-refractivity contribution is 7.90. The van der Waals surface area contributed by atoms with Gasteiger partial charge in [-0.1, -0.05) is 42.5 Å². The van der Waals surface area contributed by atoms with E-state index < -0.39 is 9.84 Å². The molecule has 0 bridgehead atoms. The second-order valence-electron chi connectivity index (χ2n) is 6.18. The molecule has 2 rings (SSSR count). The molecule has 0 unspecified atom stereocenters. The molecule has 0 amide bonds. The van der Waals surface area contributed by atoms with Gasteiger partial charge in [0.05, 0.1) is 18.1 Å². The molecular formula is C20H26FN3O2S. The van der Waals surface area contributed by atoms with Crippen LogP contribution in [-0.4, -0.2) is 33.2 Å². The van der Waals surface area contributed by atoms with Gasteiger partial charge >= 0.3 is 0 Å². The van der Waals surface area contributed by atoms with E-state index in [9.17, 15) is 12.8 Å². The minimum atomic E-state index is -3.15. The van der Waals surface area contributed by atoms with Crippen LogP contribution in [0.15, 0.2) is 59.6 Å². The lowest BCUT2D eigenvalue weighted by Gasteiger charge is -2.11. The van der Waals surface area contributed by atoms with Crippen molar-refractivity contribution in [2.75, 3.05) is 18.8 Å². The number of hydrogen-bond acceptors (Lipinski definition) is 3. The van der Waals surface area contributed by atoms with Crippen molar-refractivity contribution in [3.05, 3.63) is 71.5 Å². The average molecular weight is 392 g/mol. The molecule has 0 heterocycles. The summed E-state index contributed by atoms with van der Waals surface area (Å²) >= 11 is 0. The van der Waals surface area contributed by atoms with Crippen LogP contribution in [0.3, 0.4) is 0 Å². The fourth-order valence-corrected chi connectivity index (χ4v) is 3.98. The molecule has 5 nitrogen and oxygen atoms in total. The Kier molecular flexibility index (Phi) is 8.26. The van der Waals surface area contributed by atoms with Crippen molar-refractivity contribution in [2.45, 2.75) is 25.6 Å². The number of aliphatic imine (C=N–C) groups is 1. The molecule has 0 saturated carbocycles. The SMILES string of the molecule is CCNC(=NCc1cccc(F)c1)NCCCS(=O)(=O)Cc1ccccc1. The number of sulfone groups is 1. The van der Waals surface area contributed by atoms with Gasteiger partial charge < -0.3 is 10.6 Å². The molecule has 146 valence electrons. The Morgan fingerprint density at radius 2 is 1.78 bits per heavy atom. The molecule has 27 heavy (non-hydrogen) atoms. The Balaban J connectivity index is 1.80. The zero-order chi connectivity index (χ0) is 19.5. The predicted molar refractivity (Wildman–Crippen MR) is 108 cm³/mol. The lowest BCUT2D eigenvalue weighted by Crippen LogP contribution is -2.38. The molecule has 0 aromatic heterocycles. The zero-order valence-electron chi connectivity index (χ0n) is 15.5. The summed E-state index contributed by atoms with van der Waals surface area (Å²) < 4.78 is 37.6. The fraction of sp³-hybridized carbons (Fsp3) is 0.350. The molecular weight excluding hydrogens is 365 g/mol. The van der Waals surface area contributed by atoms with Crippen molar-refractivity contribution in [3.8, 4) is 0 Å². The average Bonchev–Trinajstić information content (AvgIpc) is 2.63. The van der Waals surface area contributed by atoms with Crippen molar-refractivity contribution in [2.24, 2.45) is 4.99 Å². The van der Waals surface area contributed by atoms with Crippen molar-refractivity contribution in [1.82, 2.24) is 10.6 Å². The highest BCUT2D eigenvalue weighted by atomic mass is 32.2. The number of hydrogen-bond donors (Lipinski definition) is 2. The van der Waals surface area contributed by atoms with Crippen molar-refractivity contribution >= 4 is 15.8 Å². The minimum absolute atomic E-state index is 0.0571. The van der Waals surface area contributed by atoms with Crippen LogP contribution >= 0.6 is 0 Å². The second kappa shape index (κ2) is 10.7. The lowest BCUT2D eigenvalue weighted by atomic mass is 10.2. The predicted octanol–water partition coefficient (Wildman–Crippen LogP) is 2.89. The van der Waals surface area contributed by atoms with Crippen molar-refractivity contribution in [1.29, 1.82) is 0 Å². The summed E-state index contributed by atoms with van der Waals surface area (Å²) in [6, 6.07) is 15.5. The van der Waals surface area contributed by atoms with Gasteiger partial charge in [-0.2, -0.15) is 0 Å². The number of nitrogens with zero attached hydrogens (tertiary/aromatic N) is 1. The van der Waals surface area contributed by atoms with Gasteiger partial charge in [0.1, 0.15) is 5.82 Å². The van der Waals surface area contributed by atoms with Crippen LogP contribution < -0.4 is 10.6 Å². The van der Waals surface area contributed by atoms with Crippen molar-refractivity contribution in [3.63, 3.8) is 0 Å². The topological polar surface area (TPSA) is 70.6 Å². The summed E-state index contributed by atoms with van der Waals surface area (Å²) in [6.07, 6.45) is 0.486. The molecule has 0 atom stereocenters. The van der Waals surface area contributed by atoms with E-state index >= 15 is 0 Å². The summed E-state index contributed by atoms with van der Waals surface area (Å²) in [6.45, 7) is 3.47. The summed E-state index contributed by atoms with van der Waals surface area (Å²) in [4.78, 5) is 4.40. The van der Waals surface area contributed by atoms with Gasteiger partial charge in [-0.25, -0.2) is 17.8 Å². The zero-order valence-corrected chi connectivity index (χ0v) is 16.3. The Morgan fingerprint density at radius 3 is 2.48 bits per heavy atom. The van der Waals surface area contributed by atoms with E-state index in [1.807, 2.05) is 43.3 Å². The first-order valence-corrected chi connectivity index (χ1v) is 10.8. The standard InChI is InChI=1S/C20H26FN3O2S/c1-2-22-20(24-15-18-10-6-11-19(21)14-18)23-12-7-13-27(25,26)16-17-8-4-3-5-9-17/h3-6,8-11,14H,2,7,12-13,15-16H2,1H3,(H2,22,23,24). The van der Waals surface area contributed by atoms with Crippen LogP contribution in [0.4, 0.5) is 4.39 Å². The molecule has 0 aliphatic rings. The van der Waals surface area contributed by atoms with Crippen LogP contribution in [0, 0.1) is 5.82 Å². The van der Waals surface area contributed by atoms with Gasteiger partial charge in [0.25, 0.3) is 0 Å².